The number of amides is 2. The van der Waals surface area contributed by atoms with E-state index in [4.69, 9.17) is 4.84 Å². The zero-order valence-electron chi connectivity index (χ0n) is 14.8. The molecule has 0 saturated heterocycles. The molecule has 0 N–H and O–H groups in total. The van der Waals surface area contributed by atoms with E-state index in [-0.39, 0.29) is 22.7 Å². The van der Waals surface area contributed by atoms with Crippen molar-refractivity contribution in [3.05, 3.63) is 59.3 Å². The van der Waals surface area contributed by atoms with Crippen LogP contribution in [0, 0.1) is 0 Å². The molecule has 0 bridgehead atoms. The third-order valence-corrected chi connectivity index (χ3v) is 4.17. The highest BCUT2D eigenvalue weighted by molar-refractivity contribution is 6.21. The van der Waals surface area contributed by atoms with E-state index in [1.807, 2.05) is 6.92 Å². The van der Waals surface area contributed by atoms with Crippen molar-refractivity contribution >= 4 is 23.6 Å². The first-order chi connectivity index (χ1) is 12.4. The molecule has 7 heteroatoms. The van der Waals surface area contributed by atoms with E-state index in [1.165, 1.54) is 18.3 Å². The number of fused-ring (bicyclic) bond motifs is 1. The standard InChI is InChI=1S/C19H19N3O4/c1-4-21(12(2)3)16-10-9-13(11-20-16)19(25)26-22-17(23)14-7-5-6-8-15(14)18(22)24/h5-12H,4H2,1-3H3. The number of benzene rings is 1. The maximum Gasteiger partial charge on any atom is 0.365 e. The molecule has 0 atom stereocenters. The molecule has 0 fully saturated rings. The summed E-state index contributed by atoms with van der Waals surface area (Å²) in [6.45, 7) is 6.90. The van der Waals surface area contributed by atoms with Crippen LogP contribution in [-0.2, 0) is 4.84 Å². The molecule has 7 nitrogen and oxygen atoms in total. The van der Waals surface area contributed by atoms with Gasteiger partial charge < -0.3 is 9.74 Å². The maximum absolute atomic E-state index is 12.3. The lowest BCUT2D eigenvalue weighted by Gasteiger charge is -2.26. The first-order valence-electron chi connectivity index (χ1n) is 8.36. The van der Waals surface area contributed by atoms with Gasteiger partial charge in [-0.15, -0.1) is 0 Å². The molecule has 0 radical (unpaired) electrons. The summed E-state index contributed by atoms with van der Waals surface area (Å²) in [6, 6.07) is 9.87. The summed E-state index contributed by atoms with van der Waals surface area (Å²) >= 11 is 0. The van der Waals surface area contributed by atoms with Crippen LogP contribution in [0.15, 0.2) is 42.6 Å². The van der Waals surface area contributed by atoms with Gasteiger partial charge in [-0.1, -0.05) is 17.2 Å². The number of anilines is 1. The van der Waals surface area contributed by atoms with Gasteiger partial charge in [-0.25, -0.2) is 9.78 Å². The number of carbonyl (C=O) groups excluding carboxylic acids is 3. The predicted octanol–water partition coefficient (Wildman–Crippen LogP) is 2.68. The van der Waals surface area contributed by atoms with Crippen LogP contribution in [0.3, 0.4) is 0 Å². The average molecular weight is 353 g/mol. The predicted molar refractivity (Wildman–Crippen MR) is 94.8 cm³/mol. The molecule has 26 heavy (non-hydrogen) atoms. The first-order valence-corrected chi connectivity index (χ1v) is 8.36. The monoisotopic (exact) mass is 353 g/mol. The maximum atomic E-state index is 12.3. The second-order valence-corrected chi connectivity index (χ2v) is 6.11. The van der Waals surface area contributed by atoms with E-state index >= 15 is 0 Å². The second kappa shape index (κ2) is 6.95. The molecule has 0 saturated carbocycles. The van der Waals surface area contributed by atoms with E-state index in [9.17, 15) is 14.4 Å². The number of hydroxylamine groups is 2. The number of imide groups is 1. The van der Waals surface area contributed by atoms with E-state index < -0.39 is 17.8 Å². The third kappa shape index (κ3) is 3.03. The molecule has 134 valence electrons. The molecule has 2 amide bonds. The Morgan fingerprint density at radius 2 is 1.73 bits per heavy atom. The van der Waals surface area contributed by atoms with Crippen LogP contribution in [0.1, 0.15) is 51.8 Å². The lowest BCUT2D eigenvalue weighted by atomic mass is 10.1. The minimum absolute atomic E-state index is 0.158. The fraction of sp³-hybridized carbons (Fsp3) is 0.263. The molecular weight excluding hydrogens is 334 g/mol. The normalized spacial score (nSPS) is 13.2. The van der Waals surface area contributed by atoms with Crippen molar-refractivity contribution < 1.29 is 19.2 Å². The van der Waals surface area contributed by atoms with Crippen LogP contribution in [-0.4, -0.2) is 40.4 Å². The van der Waals surface area contributed by atoms with Crippen LogP contribution in [0.2, 0.25) is 0 Å². The summed E-state index contributed by atoms with van der Waals surface area (Å²) in [5, 5.41) is 0.493. The summed E-state index contributed by atoms with van der Waals surface area (Å²) in [5.74, 6) is -1.38. The summed E-state index contributed by atoms with van der Waals surface area (Å²) < 4.78 is 0. The summed E-state index contributed by atoms with van der Waals surface area (Å²) in [4.78, 5) is 48.1. The van der Waals surface area contributed by atoms with Crippen molar-refractivity contribution in [2.75, 3.05) is 11.4 Å². The molecule has 1 aromatic carbocycles. The van der Waals surface area contributed by atoms with Crippen LogP contribution < -0.4 is 4.90 Å². The molecule has 0 unspecified atom stereocenters. The fourth-order valence-electron chi connectivity index (χ4n) is 2.85. The zero-order valence-corrected chi connectivity index (χ0v) is 14.8. The molecule has 2 heterocycles. The van der Waals surface area contributed by atoms with Crippen molar-refractivity contribution in [3.63, 3.8) is 0 Å². The van der Waals surface area contributed by atoms with Gasteiger partial charge in [-0.05, 0) is 45.0 Å². The smallest absolute Gasteiger partial charge is 0.354 e. The SMILES string of the molecule is CCN(c1ccc(C(=O)ON2C(=O)c3ccccc3C2=O)cn1)C(C)C. The van der Waals surface area contributed by atoms with Gasteiger partial charge in [-0.2, -0.15) is 0 Å². The number of nitrogens with zero attached hydrogens (tertiary/aromatic N) is 3. The molecule has 2 aromatic rings. The second-order valence-electron chi connectivity index (χ2n) is 6.11. The third-order valence-electron chi connectivity index (χ3n) is 4.17. The van der Waals surface area contributed by atoms with Crippen molar-refractivity contribution in [1.82, 2.24) is 10.0 Å². The summed E-state index contributed by atoms with van der Waals surface area (Å²) in [5.41, 5.74) is 0.591. The van der Waals surface area contributed by atoms with Crippen molar-refractivity contribution in [2.24, 2.45) is 0 Å². The Morgan fingerprint density at radius 3 is 2.19 bits per heavy atom. The zero-order chi connectivity index (χ0) is 18.8. The topological polar surface area (TPSA) is 79.8 Å². The van der Waals surface area contributed by atoms with Crippen molar-refractivity contribution in [1.29, 1.82) is 0 Å². The van der Waals surface area contributed by atoms with E-state index in [0.29, 0.717) is 5.06 Å². The lowest BCUT2D eigenvalue weighted by molar-refractivity contribution is -0.0584. The van der Waals surface area contributed by atoms with Crippen molar-refractivity contribution in [2.45, 2.75) is 26.8 Å². The number of hydrogen-bond acceptors (Lipinski definition) is 6. The number of rotatable bonds is 5. The quantitative estimate of drug-likeness (QED) is 0.769. The summed E-state index contributed by atoms with van der Waals surface area (Å²) in [7, 11) is 0. The van der Waals surface area contributed by atoms with Gasteiger partial charge in [0.1, 0.15) is 5.82 Å². The minimum Gasteiger partial charge on any atom is -0.354 e. The van der Waals surface area contributed by atoms with Gasteiger partial charge in [0.2, 0.25) is 0 Å². The molecule has 0 aliphatic carbocycles. The molecule has 3 rings (SSSR count). The Morgan fingerprint density at radius 1 is 1.12 bits per heavy atom. The Balaban J connectivity index is 1.75. The van der Waals surface area contributed by atoms with Crippen LogP contribution in [0.4, 0.5) is 5.82 Å². The largest absolute Gasteiger partial charge is 0.365 e. The van der Waals surface area contributed by atoms with Crippen molar-refractivity contribution in [3.8, 4) is 0 Å². The first kappa shape index (κ1) is 17.6. The number of carbonyl (C=O) groups is 3. The van der Waals surface area contributed by atoms with E-state index in [0.717, 1.165) is 12.4 Å². The highest BCUT2D eigenvalue weighted by atomic mass is 16.7. The molecule has 1 aliphatic heterocycles. The molecule has 1 aromatic heterocycles. The highest BCUT2D eigenvalue weighted by Gasteiger charge is 2.38. The van der Waals surface area contributed by atoms with Crippen LogP contribution in [0.5, 0.6) is 0 Å². The van der Waals surface area contributed by atoms with E-state index in [2.05, 4.69) is 23.7 Å². The van der Waals surface area contributed by atoms with Gasteiger partial charge >= 0.3 is 5.97 Å². The number of pyridine rings is 1. The average Bonchev–Trinajstić information content (AvgIpc) is 2.88. The minimum atomic E-state index is -0.814. The highest BCUT2D eigenvalue weighted by Crippen LogP contribution is 2.23. The lowest BCUT2D eigenvalue weighted by Crippen LogP contribution is -2.33. The molecule has 1 aliphatic rings. The van der Waals surface area contributed by atoms with Gasteiger partial charge in [-0.3, -0.25) is 9.59 Å². The molecular formula is C19H19N3O4. The van der Waals surface area contributed by atoms with Crippen LogP contribution >= 0.6 is 0 Å². The van der Waals surface area contributed by atoms with Gasteiger partial charge in [0, 0.05) is 18.8 Å². The fourth-order valence-corrected chi connectivity index (χ4v) is 2.85. The Hall–Kier alpha value is -3.22. The Labute approximate surface area is 151 Å². The van der Waals surface area contributed by atoms with Crippen LogP contribution in [0.25, 0.3) is 0 Å². The van der Waals surface area contributed by atoms with E-state index in [1.54, 1.807) is 24.3 Å². The van der Waals surface area contributed by atoms with Gasteiger partial charge in [0.25, 0.3) is 11.8 Å². The number of hydrogen-bond donors (Lipinski definition) is 0. The Kier molecular flexibility index (Phi) is 4.71. The van der Waals surface area contributed by atoms with Gasteiger partial charge in [0.15, 0.2) is 0 Å². The number of aromatic nitrogens is 1. The summed E-state index contributed by atoms with van der Waals surface area (Å²) in [6.07, 6.45) is 1.38. The molecule has 0 spiro atoms. The van der Waals surface area contributed by atoms with Gasteiger partial charge in [0.05, 0.1) is 16.7 Å². The Bertz CT molecular complexity index is 826.